The summed E-state index contributed by atoms with van der Waals surface area (Å²) in [5.74, 6) is 0.115. The molecule has 0 saturated carbocycles. The maximum Gasteiger partial charge on any atom is 0.253 e. The quantitative estimate of drug-likeness (QED) is 0.531. The lowest BCUT2D eigenvalue weighted by Crippen LogP contribution is -2.31. The molecule has 8 heteroatoms. The highest BCUT2D eigenvalue weighted by molar-refractivity contribution is 6.42. The Hall–Kier alpha value is -2.80. The van der Waals surface area contributed by atoms with Crippen LogP contribution in [0.5, 0.6) is 0 Å². The van der Waals surface area contributed by atoms with Crippen LogP contribution in [-0.2, 0) is 17.9 Å². The predicted molar refractivity (Wildman–Crippen MR) is 118 cm³/mol. The maximum absolute atomic E-state index is 12.5. The summed E-state index contributed by atoms with van der Waals surface area (Å²) >= 11 is 12.0. The minimum Gasteiger partial charge on any atom is -0.467 e. The lowest BCUT2D eigenvalue weighted by atomic mass is 10.1. The zero-order valence-corrected chi connectivity index (χ0v) is 17.8. The third kappa shape index (κ3) is 6.10. The summed E-state index contributed by atoms with van der Waals surface area (Å²) in [5.41, 5.74) is 1.77. The average Bonchev–Trinajstić information content (AvgIpc) is 3.23. The van der Waals surface area contributed by atoms with E-state index in [-0.39, 0.29) is 24.9 Å². The van der Waals surface area contributed by atoms with Crippen molar-refractivity contribution in [1.29, 1.82) is 0 Å². The second-order valence-electron chi connectivity index (χ2n) is 6.78. The van der Waals surface area contributed by atoms with E-state index < -0.39 is 0 Å². The molecular formula is C22H21Cl2N3O3. The minimum absolute atomic E-state index is 0.141. The number of hydrogen-bond acceptors (Lipinski definition) is 4. The number of nitrogens with one attached hydrogen (secondary N) is 2. The Labute approximate surface area is 184 Å². The van der Waals surface area contributed by atoms with Gasteiger partial charge >= 0.3 is 0 Å². The van der Waals surface area contributed by atoms with Crippen LogP contribution in [-0.4, -0.2) is 30.3 Å². The van der Waals surface area contributed by atoms with E-state index in [0.29, 0.717) is 33.6 Å². The van der Waals surface area contributed by atoms with Crippen LogP contribution in [0.2, 0.25) is 10.0 Å². The number of amides is 2. The summed E-state index contributed by atoms with van der Waals surface area (Å²) in [4.78, 5) is 26.9. The normalized spacial score (nSPS) is 10.8. The van der Waals surface area contributed by atoms with E-state index in [1.165, 1.54) is 0 Å². The van der Waals surface area contributed by atoms with Crippen LogP contribution in [0.25, 0.3) is 0 Å². The van der Waals surface area contributed by atoms with Gasteiger partial charge in [0.2, 0.25) is 5.91 Å². The van der Waals surface area contributed by atoms with E-state index in [1.54, 1.807) is 54.8 Å². The number of rotatable bonds is 8. The third-order valence-electron chi connectivity index (χ3n) is 4.30. The Kier molecular flexibility index (Phi) is 7.52. The van der Waals surface area contributed by atoms with Crippen LogP contribution in [0.1, 0.15) is 21.7 Å². The molecule has 2 N–H and O–H groups in total. The molecule has 2 aromatic carbocycles. The van der Waals surface area contributed by atoms with Crippen LogP contribution in [0.4, 0.5) is 5.69 Å². The van der Waals surface area contributed by atoms with Crippen molar-refractivity contribution in [3.63, 3.8) is 0 Å². The lowest BCUT2D eigenvalue weighted by molar-refractivity contribution is -0.117. The van der Waals surface area contributed by atoms with Gasteiger partial charge in [-0.25, -0.2) is 0 Å². The number of nitrogens with zero attached hydrogens (tertiary/aromatic N) is 1. The zero-order chi connectivity index (χ0) is 21.5. The Balaban J connectivity index is 1.58. The third-order valence-corrected chi connectivity index (χ3v) is 5.04. The number of para-hydroxylation sites is 1. The SMILES string of the molecule is CN(CC(=O)Nc1ccccc1C(=O)NCc1ccco1)Cc1ccc(Cl)c(Cl)c1. The van der Waals surface area contributed by atoms with Crippen LogP contribution >= 0.6 is 23.2 Å². The first-order valence-electron chi connectivity index (χ1n) is 9.24. The van der Waals surface area contributed by atoms with Crippen molar-refractivity contribution in [1.82, 2.24) is 10.2 Å². The van der Waals surface area contributed by atoms with Gasteiger partial charge in [-0.05, 0) is 49.0 Å². The fourth-order valence-electron chi connectivity index (χ4n) is 2.91. The Morgan fingerprint density at radius 2 is 1.83 bits per heavy atom. The molecule has 0 aliphatic heterocycles. The van der Waals surface area contributed by atoms with E-state index in [4.69, 9.17) is 27.6 Å². The average molecular weight is 446 g/mol. The zero-order valence-electron chi connectivity index (χ0n) is 16.3. The van der Waals surface area contributed by atoms with E-state index in [0.717, 1.165) is 5.56 Å². The number of benzene rings is 2. The summed E-state index contributed by atoms with van der Waals surface area (Å²) in [7, 11) is 1.82. The first-order valence-corrected chi connectivity index (χ1v) is 10.00. The standard InChI is InChI=1S/C22H21Cl2N3O3/c1-27(13-15-8-9-18(23)19(24)11-15)14-21(28)26-20-7-3-2-6-17(20)22(29)25-12-16-5-4-10-30-16/h2-11H,12-14H2,1H3,(H,25,29)(H,26,28). The van der Waals surface area contributed by atoms with Crippen molar-refractivity contribution in [2.45, 2.75) is 13.1 Å². The topological polar surface area (TPSA) is 74.6 Å². The minimum atomic E-state index is -0.300. The van der Waals surface area contributed by atoms with Gasteiger partial charge in [-0.15, -0.1) is 0 Å². The molecule has 0 bridgehead atoms. The molecule has 1 heterocycles. The van der Waals surface area contributed by atoms with Crippen LogP contribution in [0.3, 0.4) is 0 Å². The number of likely N-dealkylation sites (N-methyl/N-ethyl adjacent to an activating group) is 1. The highest BCUT2D eigenvalue weighted by Gasteiger charge is 2.15. The maximum atomic E-state index is 12.5. The number of anilines is 1. The molecular weight excluding hydrogens is 425 g/mol. The van der Waals surface area contributed by atoms with Crippen molar-refractivity contribution in [2.24, 2.45) is 0 Å². The number of hydrogen-bond donors (Lipinski definition) is 2. The first-order chi connectivity index (χ1) is 14.4. The van der Waals surface area contributed by atoms with Crippen LogP contribution < -0.4 is 10.6 Å². The van der Waals surface area contributed by atoms with Gasteiger partial charge in [0.15, 0.2) is 0 Å². The summed E-state index contributed by atoms with van der Waals surface area (Å²) in [5, 5.41) is 6.55. The van der Waals surface area contributed by atoms with E-state index >= 15 is 0 Å². The fraction of sp³-hybridized carbons (Fsp3) is 0.182. The fourth-order valence-corrected chi connectivity index (χ4v) is 3.23. The molecule has 0 radical (unpaired) electrons. The van der Waals surface area contributed by atoms with Crippen molar-refractivity contribution in [3.05, 3.63) is 87.8 Å². The number of carbonyl (C=O) groups excluding carboxylic acids is 2. The molecule has 156 valence electrons. The summed E-state index contributed by atoms with van der Waals surface area (Å²) < 4.78 is 5.22. The lowest BCUT2D eigenvalue weighted by Gasteiger charge is -2.17. The smallest absolute Gasteiger partial charge is 0.253 e. The van der Waals surface area contributed by atoms with Crippen molar-refractivity contribution in [2.75, 3.05) is 18.9 Å². The Morgan fingerprint density at radius 1 is 1.03 bits per heavy atom. The largest absolute Gasteiger partial charge is 0.467 e. The van der Waals surface area contributed by atoms with Crippen LogP contribution in [0.15, 0.2) is 65.3 Å². The highest BCUT2D eigenvalue weighted by Crippen LogP contribution is 2.23. The molecule has 30 heavy (non-hydrogen) atoms. The molecule has 6 nitrogen and oxygen atoms in total. The van der Waals surface area contributed by atoms with Gasteiger partial charge in [-0.3, -0.25) is 14.5 Å². The summed E-state index contributed by atoms with van der Waals surface area (Å²) in [6.45, 7) is 0.929. The van der Waals surface area contributed by atoms with Crippen molar-refractivity contribution >= 4 is 40.7 Å². The van der Waals surface area contributed by atoms with E-state index in [2.05, 4.69) is 10.6 Å². The van der Waals surface area contributed by atoms with Crippen molar-refractivity contribution < 1.29 is 14.0 Å². The molecule has 0 unspecified atom stereocenters. The van der Waals surface area contributed by atoms with E-state index in [1.807, 2.05) is 18.0 Å². The second-order valence-corrected chi connectivity index (χ2v) is 7.59. The Bertz CT molecular complexity index is 1020. The first kappa shape index (κ1) is 21.9. The summed E-state index contributed by atoms with van der Waals surface area (Å²) in [6.07, 6.45) is 1.55. The molecule has 0 spiro atoms. The van der Waals surface area contributed by atoms with Gasteiger partial charge in [-0.2, -0.15) is 0 Å². The monoisotopic (exact) mass is 445 g/mol. The van der Waals surface area contributed by atoms with Gasteiger partial charge in [0.1, 0.15) is 5.76 Å². The van der Waals surface area contributed by atoms with E-state index in [9.17, 15) is 9.59 Å². The predicted octanol–water partition coefficient (Wildman–Crippen LogP) is 4.59. The van der Waals surface area contributed by atoms with Crippen molar-refractivity contribution in [3.8, 4) is 0 Å². The molecule has 3 aromatic rings. The molecule has 0 aliphatic carbocycles. The van der Waals surface area contributed by atoms with Gasteiger partial charge in [0.05, 0.1) is 40.6 Å². The highest BCUT2D eigenvalue weighted by atomic mass is 35.5. The molecule has 0 saturated heterocycles. The van der Waals surface area contributed by atoms with Gasteiger partial charge in [0, 0.05) is 6.54 Å². The molecule has 1 aromatic heterocycles. The summed E-state index contributed by atoms with van der Waals surface area (Å²) in [6, 6.07) is 15.8. The molecule has 3 rings (SSSR count). The molecule has 0 aliphatic rings. The molecule has 0 fully saturated rings. The van der Waals surface area contributed by atoms with Gasteiger partial charge < -0.3 is 15.1 Å². The second kappa shape index (κ2) is 10.3. The number of furan rings is 1. The Morgan fingerprint density at radius 3 is 2.57 bits per heavy atom. The van der Waals surface area contributed by atoms with Gasteiger partial charge in [-0.1, -0.05) is 41.4 Å². The number of halogens is 2. The number of carbonyl (C=O) groups is 2. The van der Waals surface area contributed by atoms with Gasteiger partial charge in [0.25, 0.3) is 5.91 Å². The van der Waals surface area contributed by atoms with Crippen LogP contribution in [0, 0.1) is 0 Å². The molecule has 2 amide bonds. The molecule has 0 atom stereocenters.